The second kappa shape index (κ2) is 3.47. The van der Waals surface area contributed by atoms with Crippen LogP contribution in [0.15, 0.2) is 9.40 Å². The van der Waals surface area contributed by atoms with Crippen LogP contribution in [0.3, 0.4) is 0 Å². The summed E-state index contributed by atoms with van der Waals surface area (Å²) in [4.78, 5) is 22.6. The van der Waals surface area contributed by atoms with Gasteiger partial charge in [0.15, 0.2) is 5.78 Å². The van der Waals surface area contributed by atoms with Gasteiger partial charge in [0.2, 0.25) is 0 Å². The average Bonchev–Trinajstić information content (AvgIpc) is 2.30. The second-order valence-corrected chi connectivity index (χ2v) is 3.42. The summed E-state index contributed by atoms with van der Waals surface area (Å²) in [5.41, 5.74) is 5.27. The number of imidazole rings is 1. The number of hydrogen-bond acceptors (Lipinski definition) is 3. The lowest BCUT2D eigenvalue weighted by molar-refractivity contribution is 0.0992. The molecule has 0 aromatic carbocycles. The van der Waals surface area contributed by atoms with Gasteiger partial charge < -0.3 is 5.73 Å². The molecule has 13 heavy (non-hydrogen) atoms. The Morgan fingerprint density at radius 1 is 1.46 bits per heavy atom. The fourth-order valence-corrected chi connectivity index (χ4v) is 1.74. The molecule has 1 aromatic rings. The largest absolute Gasteiger partial charge is 0.329 e. The minimum atomic E-state index is -0.257. The molecule has 1 rings (SSSR count). The molecular formula is C7H10BrN3O2. The van der Waals surface area contributed by atoms with Gasteiger partial charge in [0.1, 0.15) is 10.3 Å². The van der Waals surface area contributed by atoms with E-state index in [0.29, 0.717) is 10.3 Å². The molecule has 0 fully saturated rings. The standard InChI is InChI=1S/C7H10BrN3O2/c1-10-5(4(12)3-9)6(8)11(2)7(10)13/h3,9H2,1-2H3. The average molecular weight is 248 g/mol. The van der Waals surface area contributed by atoms with Crippen LogP contribution >= 0.6 is 15.9 Å². The van der Waals surface area contributed by atoms with E-state index in [1.54, 1.807) is 7.05 Å². The van der Waals surface area contributed by atoms with Crippen molar-refractivity contribution in [2.75, 3.05) is 6.54 Å². The smallest absolute Gasteiger partial charge is 0.324 e. The third kappa shape index (κ3) is 1.47. The predicted molar refractivity (Wildman–Crippen MR) is 51.7 cm³/mol. The summed E-state index contributed by atoms with van der Waals surface area (Å²) >= 11 is 3.16. The van der Waals surface area contributed by atoms with Gasteiger partial charge in [-0.25, -0.2) is 4.79 Å². The summed E-state index contributed by atoms with van der Waals surface area (Å²) in [5.74, 6) is -0.257. The monoisotopic (exact) mass is 247 g/mol. The highest BCUT2D eigenvalue weighted by Gasteiger charge is 2.18. The van der Waals surface area contributed by atoms with Crippen LogP contribution in [0.2, 0.25) is 0 Å². The molecule has 1 heterocycles. The number of carbonyl (C=O) groups excluding carboxylic acids is 1. The first-order chi connectivity index (χ1) is 6.00. The summed E-state index contributed by atoms with van der Waals surface area (Å²) in [5, 5.41) is 0. The molecular weight excluding hydrogens is 238 g/mol. The van der Waals surface area contributed by atoms with Gasteiger partial charge in [-0.15, -0.1) is 0 Å². The Hall–Kier alpha value is -0.880. The van der Waals surface area contributed by atoms with E-state index in [1.807, 2.05) is 0 Å². The molecule has 0 spiro atoms. The first-order valence-corrected chi connectivity index (χ1v) is 4.44. The van der Waals surface area contributed by atoms with E-state index in [0.717, 1.165) is 0 Å². The van der Waals surface area contributed by atoms with Crippen LogP contribution in [0.25, 0.3) is 0 Å². The SMILES string of the molecule is Cn1c(Br)c(C(=O)CN)n(C)c1=O. The van der Waals surface area contributed by atoms with E-state index in [9.17, 15) is 9.59 Å². The number of aromatic nitrogens is 2. The van der Waals surface area contributed by atoms with Gasteiger partial charge in [-0.1, -0.05) is 0 Å². The maximum atomic E-state index is 11.3. The van der Waals surface area contributed by atoms with Crippen LogP contribution in [-0.4, -0.2) is 21.5 Å². The van der Waals surface area contributed by atoms with Crippen LogP contribution in [0, 0.1) is 0 Å². The van der Waals surface area contributed by atoms with Crippen molar-refractivity contribution < 1.29 is 4.79 Å². The Bertz CT molecular complexity index is 405. The second-order valence-electron chi connectivity index (χ2n) is 2.67. The van der Waals surface area contributed by atoms with E-state index in [-0.39, 0.29) is 18.0 Å². The van der Waals surface area contributed by atoms with Crippen molar-refractivity contribution in [2.24, 2.45) is 19.8 Å². The van der Waals surface area contributed by atoms with Gasteiger partial charge in [-0.05, 0) is 15.9 Å². The fourth-order valence-electron chi connectivity index (χ4n) is 1.10. The van der Waals surface area contributed by atoms with Crippen LogP contribution < -0.4 is 11.4 Å². The summed E-state index contributed by atoms with van der Waals surface area (Å²) < 4.78 is 3.10. The lowest BCUT2D eigenvalue weighted by Crippen LogP contribution is -2.23. The van der Waals surface area contributed by atoms with Crippen molar-refractivity contribution >= 4 is 21.7 Å². The Kier molecular flexibility index (Phi) is 2.72. The first-order valence-electron chi connectivity index (χ1n) is 3.65. The van der Waals surface area contributed by atoms with Crippen molar-refractivity contribution in [2.45, 2.75) is 0 Å². The summed E-state index contributed by atoms with van der Waals surface area (Å²) in [6.07, 6.45) is 0. The maximum absolute atomic E-state index is 11.3. The zero-order valence-corrected chi connectivity index (χ0v) is 8.96. The topological polar surface area (TPSA) is 70.0 Å². The molecule has 2 N–H and O–H groups in total. The first kappa shape index (κ1) is 10.2. The van der Waals surface area contributed by atoms with Gasteiger partial charge in [-0.3, -0.25) is 13.9 Å². The highest BCUT2D eigenvalue weighted by molar-refractivity contribution is 9.10. The molecule has 0 saturated carbocycles. The number of nitrogens with two attached hydrogens (primary N) is 1. The van der Waals surface area contributed by atoms with E-state index in [4.69, 9.17) is 5.73 Å². The number of Topliss-reactive ketones (excluding diaryl/α,β-unsaturated/α-hetero) is 1. The number of ketones is 1. The number of hydrogen-bond donors (Lipinski definition) is 1. The Morgan fingerprint density at radius 3 is 2.31 bits per heavy atom. The van der Waals surface area contributed by atoms with Gasteiger partial charge in [0.25, 0.3) is 0 Å². The van der Waals surface area contributed by atoms with Crippen molar-refractivity contribution in [1.82, 2.24) is 9.13 Å². The molecule has 0 unspecified atom stereocenters. The van der Waals surface area contributed by atoms with Crippen molar-refractivity contribution in [3.8, 4) is 0 Å². The number of halogens is 1. The minimum absolute atomic E-state index is 0.101. The van der Waals surface area contributed by atoms with E-state index in [1.165, 1.54) is 16.2 Å². The molecule has 0 aliphatic rings. The van der Waals surface area contributed by atoms with Crippen LogP contribution in [-0.2, 0) is 14.1 Å². The Balaban J connectivity index is 3.46. The lowest BCUT2D eigenvalue weighted by Gasteiger charge is -1.97. The molecule has 0 aliphatic carbocycles. The van der Waals surface area contributed by atoms with E-state index < -0.39 is 0 Å². The van der Waals surface area contributed by atoms with E-state index in [2.05, 4.69) is 15.9 Å². The van der Waals surface area contributed by atoms with Crippen molar-refractivity contribution in [3.63, 3.8) is 0 Å². The highest BCUT2D eigenvalue weighted by Crippen LogP contribution is 2.13. The number of carbonyl (C=O) groups is 1. The minimum Gasteiger partial charge on any atom is -0.324 e. The van der Waals surface area contributed by atoms with Gasteiger partial charge in [-0.2, -0.15) is 0 Å². The zero-order valence-electron chi connectivity index (χ0n) is 7.37. The summed E-state index contributed by atoms with van der Waals surface area (Å²) in [6.45, 7) is -0.101. The molecule has 0 radical (unpaired) electrons. The summed E-state index contributed by atoms with van der Waals surface area (Å²) in [6, 6.07) is 0. The maximum Gasteiger partial charge on any atom is 0.329 e. The quantitative estimate of drug-likeness (QED) is 0.726. The van der Waals surface area contributed by atoms with E-state index >= 15 is 0 Å². The summed E-state index contributed by atoms with van der Waals surface area (Å²) in [7, 11) is 3.12. The zero-order chi connectivity index (χ0) is 10.2. The van der Waals surface area contributed by atoms with Crippen LogP contribution in [0.5, 0.6) is 0 Å². The molecule has 0 atom stereocenters. The Morgan fingerprint density at radius 2 is 2.00 bits per heavy atom. The van der Waals surface area contributed by atoms with Crippen molar-refractivity contribution in [3.05, 3.63) is 20.8 Å². The fraction of sp³-hybridized carbons (Fsp3) is 0.429. The molecule has 1 aromatic heterocycles. The number of rotatable bonds is 2. The van der Waals surface area contributed by atoms with Crippen LogP contribution in [0.1, 0.15) is 10.5 Å². The van der Waals surface area contributed by atoms with Gasteiger partial charge >= 0.3 is 5.69 Å². The molecule has 6 heteroatoms. The van der Waals surface area contributed by atoms with Gasteiger partial charge in [0.05, 0.1) is 6.54 Å². The molecule has 5 nitrogen and oxygen atoms in total. The molecule has 0 saturated heterocycles. The normalized spacial score (nSPS) is 10.5. The molecule has 0 bridgehead atoms. The van der Waals surface area contributed by atoms with Crippen LogP contribution in [0.4, 0.5) is 0 Å². The van der Waals surface area contributed by atoms with Gasteiger partial charge in [0, 0.05) is 14.1 Å². The predicted octanol–water partition coefficient (Wildman–Crippen LogP) is -0.372. The number of nitrogens with zero attached hydrogens (tertiary/aromatic N) is 2. The molecule has 72 valence electrons. The van der Waals surface area contributed by atoms with Crippen molar-refractivity contribution in [1.29, 1.82) is 0 Å². The highest BCUT2D eigenvalue weighted by atomic mass is 79.9. The third-order valence-electron chi connectivity index (χ3n) is 1.85. The Labute approximate surface area is 83.3 Å². The third-order valence-corrected chi connectivity index (χ3v) is 2.76. The lowest BCUT2D eigenvalue weighted by atomic mass is 10.3. The molecule has 0 aliphatic heterocycles. The molecule has 0 amide bonds.